The highest BCUT2D eigenvalue weighted by Crippen LogP contribution is 2.31. The van der Waals surface area contributed by atoms with E-state index in [1.165, 1.54) is 0 Å². The van der Waals surface area contributed by atoms with Crippen molar-refractivity contribution in [3.8, 4) is 11.4 Å². The Morgan fingerprint density at radius 3 is 2.95 bits per heavy atom. The third-order valence-electron chi connectivity index (χ3n) is 4.01. The van der Waals surface area contributed by atoms with Crippen LogP contribution in [-0.4, -0.2) is 34.1 Å². The highest BCUT2D eigenvalue weighted by atomic mass is 15.2. The highest BCUT2D eigenvalue weighted by Gasteiger charge is 2.22. The predicted molar refractivity (Wildman–Crippen MR) is 84.1 cm³/mol. The van der Waals surface area contributed by atoms with Crippen LogP contribution in [0.2, 0.25) is 0 Å². The minimum absolute atomic E-state index is 0.252. The molecule has 1 aliphatic heterocycles. The van der Waals surface area contributed by atoms with Gasteiger partial charge < -0.3 is 15.6 Å². The molecule has 1 aliphatic rings. The maximum absolute atomic E-state index is 6.03. The average molecular weight is 279 g/mol. The van der Waals surface area contributed by atoms with E-state index in [1.807, 2.05) is 42.7 Å². The van der Waals surface area contributed by atoms with Crippen molar-refractivity contribution >= 4 is 16.7 Å². The first-order valence-electron chi connectivity index (χ1n) is 7.21. The van der Waals surface area contributed by atoms with Gasteiger partial charge in [0, 0.05) is 31.5 Å². The van der Waals surface area contributed by atoms with Crippen LogP contribution in [0.15, 0.2) is 42.7 Å². The Bertz CT molecular complexity index is 746. The average Bonchev–Trinajstić information content (AvgIpc) is 3.13. The van der Waals surface area contributed by atoms with E-state index in [1.54, 1.807) is 0 Å². The molecule has 1 atom stereocenters. The van der Waals surface area contributed by atoms with Gasteiger partial charge in [0.15, 0.2) is 0 Å². The van der Waals surface area contributed by atoms with E-state index >= 15 is 0 Å². The zero-order valence-corrected chi connectivity index (χ0v) is 11.7. The number of aromatic nitrogens is 3. The second kappa shape index (κ2) is 4.86. The molecular formula is C16H17N5. The van der Waals surface area contributed by atoms with Gasteiger partial charge in [-0.3, -0.25) is 4.98 Å². The molecule has 1 unspecified atom stereocenters. The first-order chi connectivity index (χ1) is 10.3. The second-order valence-corrected chi connectivity index (χ2v) is 5.49. The first kappa shape index (κ1) is 12.3. The Labute approximate surface area is 122 Å². The van der Waals surface area contributed by atoms with Gasteiger partial charge in [-0.2, -0.15) is 0 Å². The molecule has 0 aliphatic carbocycles. The van der Waals surface area contributed by atoms with Crippen LogP contribution in [0.1, 0.15) is 6.42 Å². The standard InChI is InChI=1S/C16H17N5/c17-11-6-8-21(10-11)15-5-7-18-9-12(15)16-19-13-3-1-2-4-14(13)20-16/h1-5,7,9,11H,6,8,10,17H2,(H,19,20). The van der Waals surface area contributed by atoms with E-state index in [-0.39, 0.29) is 6.04 Å². The molecule has 5 nitrogen and oxygen atoms in total. The summed E-state index contributed by atoms with van der Waals surface area (Å²) in [4.78, 5) is 14.6. The summed E-state index contributed by atoms with van der Waals surface area (Å²) in [6.07, 6.45) is 4.73. The van der Waals surface area contributed by atoms with Crippen LogP contribution in [0.5, 0.6) is 0 Å². The molecule has 4 rings (SSSR count). The maximum Gasteiger partial charge on any atom is 0.142 e. The lowest BCUT2D eigenvalue weighted by molar-refractivity contribution is 0.752. The molecule has 5 heteroatoms. The summed E-state index contributed by atoms with van der Waals surface area (Å²) in [5.74, 6) is 0.861. The lowest BCUT2D eigenvalue weighted by Crippen LogP contribution is -2.26. The number of rotatable bonds is 2. The lowest BCUT2D eigenvalue weighted by Gasteiger charge is -2.20. The molecule has 1 fully saturated rings. The SMILES string of the molecule is NC1CCN(c2ccncc2-c2nc3ccccc3[nH]2)C1. The number of para-hydroxylation sites is 2. The molecule has 0 saturated carbocycles. The van der Waals surface area contributed by atoms with Crippen LogP contribution in [0.4, 0.5) is 5.69 Å². The van der Waals surface area contributed by atoms with Gasteiger partial charge in [-0.15, -0.1) is 0 Å². The van der Waals surface area contributed by atoms with Crippen molar-refractivity contribution in [1.29, 1.82) is 0 Å². The van der Waals surface area contributed by atoms with Crippen LogP contribution in [0.25, 0.3) is 22.4 Å². The molecule has 2 aromatic heterocycles. The van der Waals surface area contributed by atoms with E-state index in [9.17, 15) is 0 Å². The number of imidazole rings is 1. The van der Waals surface area contributed by atoms with Gasteiger partial charge >= 0.3 is 0 Å². The number of H-pyrrole nitrogens is 1. The Hall–Kier alpha value is -2.40. The van der Waals surface area contributed by atoms with Gasteiger partial charge in [0.25, 0.3) is 0 Å². The number of anilines is 1. The fraction of sp³-hybridized carbons (Fsp3) is 0.250. The van der Waals surface area contributed by atoms with Crippen LogP contribution < -0.4 is 10.6 Å². The summed E-state index contributed by atoms with van der Waals surface area (Å²) in [5, 5.41) is 0. The van der Waals surface area contributed by atoms with Crippen molar-refractivity contribution in [2.45, 2.75) is 12.5 Å². The molecule has 106 valence electrons. The minimum atomic E-state index is 0.252. The summed E-state index contributed by atoms with van der Waals surface area (Å²) in [6.45, 7) is 1.87. The molecule has 1 saturated heterocycles. The van der Waals surface area contributed by atoms with Crippen LogP contribution in [0.3, 0.4) is 0 Å². The van der Waals surface area contributed by atoms with Crippen LogP contribution in [-0.2, 0) is 0 Å². The Morgan fingerprint density at radius 2 is 2.14 bits per heavy atom. The molecule has 1 aromatic carbocycles. The van der Waals surface area contributed by atoms with Gasteiger partial charge in [-0.25, -0.2) is 4.98 Å². The molecular weight excluding hydrogens is 262 g/mol. The van der Waals surface area contributed by atoms with Gasteiger partial charge in [0.1, 0.15) is 5.82 Å². The fourth-order valence-electron chi connectivity index (χ4n) is 2.93. The Morgan fingerprint density at radius 1 is 1.24 bits per heavy atom. The Balaban J connectivity index is 1.81. The van der Waals surface area contributed by atoms with E-state index < -0.39 is 0 Å². The lowest BCUT2D eigenvalue weighted by atomic mass is 10.2. The van der Waals surface area contributed by atoms with E-state index in [4.69, 9.17) is 5.73 Å². The molecule has 21 heavy (non-hydrogen) atoms. The minimum Gasteiger partial charge on any atom is -0.369 e. The zero-order valence-electron chi connectivity index (χ0n) is 11.7. The quantitative estimate of drug-likeness (QED) is 0.754. The van der Waals surface area contributed by atoms with Crippen molar-refractivity contribution in [2.24, 2.45) is 5.73 Å². The molecule has 0 spiro atoms. The molecule has 0 bridgehead atoms. The number of hydrogen-bond donors (Lipinski definition) is 2. The van der Waals surface area contributed by atoms with Gasteiger partial charge in [-0.1, -0.05) is 12.1 Å². The number of nitrogens with one attached hydrogen (secondary N) is 1. The summed E-state index contributed by atoms with van der Waals surface area (Å²) < 4.78 is 0. The maximum atomic E-state index is 6.03. The zero-order chi connectivity index (χ0) is 14.2. The monoisotopic (exact) mass is 279 g/mol. The summed E-state index contributed by atoms with van der Waals surface area (Å²) in [5.41, 5.74) is 10.2. The number of fused-ring (bicyclic) bond motifs is 1. The van der Waals surface area contributed by atoms with E-state index in [0.717, 1.165) is 47.6 Å². The molecule has 3 aromatic rings. The molecule has 0 radical (unpaired) electrons. The normalized spacial score (nSPS) is 18.5. The topological polar surface area (TPSA) is 70.8 Å². The van der Waals surface area contributed by atoms with Gasteiger partial charge in [0.05, 0.1) is 22.3 Å². The number of nitrogens with two attached hydrogens (primary N) is 1. The number of aromatic amines is 1. The molecule has 3 N–H and O–H groups in total. The number of nitrogens with zero attached hydrogens (tertiary/aromatic N) is 3. The van der Waals surface area contributed by atoms with Crippen molar-refractivity contribution in [3.63, 3.8) is 0 Å². The second-order valence-electron chi connectivity index (χ2n) is 5.49. The Kier molecular flexibility index (Phi) is 2.86. The molecule has 0 amide bonds. The van der Waals surface area contributed by atoms with Crippen molar-refractivity contribution < 1.29 is 0 Å². The van der Waals surface area contributed by atoms with Gasteiger partial charge in [0.2, 0.25) is 0 Å². The highest BCUT2D eigenvalue weighted by molar-refractivity contribution is 5.83. The fourth-order valence-corrected chi connectivity index (χ4v) is 2.93. The predicted octanol–water partition coefficient (Wildman–Crippen LogP) is 2.16. The number of hydrogen-bond acceptors (Lipinski definition) is 4. The van der Waals surface area contributed by atoms with E-state index in [0.29, 0.717) is 0 Å². The third kappa shape index (κ3) is 2.15. The van der Waals surface area contributed by atoms with Crippen LogP contribution in [0, 0.1) is 0 Å². The van der Waals surface area contributed by atoms with Crippen molar-refractivity contribution in [2.75, 3.05) is 18.0 Å². The van der Waals surface area contributed by atoms with E-state index in [2.05, 4.69) is 19.9 Å². The summed E-state index contributed by atoms with van der Waals surface area (Å²) in [7, 11) is 0. The smallest absolute Gasteiger partial charge is 0.142 e. The van der Waals surface area contributed by atoms with Gasteiger partial charge in [-0.05, 0) is 24.6 Å². The number of benzene rings is 1. The van der Waals surface area contributed by atoms with Crippen LogP contribution >= 0.6 is 0 Å². The molecule has 3 heterocycles. The largest absolute Gasteiger partial charge is 0.369 e. The number of pyridine rings is 1. The summed E-state index contributed by atoms with van der Waals surface area (Å²) in [6, 6.07) is 10.3. The van der Waals surface area contributed by atoms with Crippen molar-refractivity contribution in [1.82, 2.24) is 15.0 Å². The van der Waals surface area contributed by atoms with Crippen molar-refractivity contribution in [3.05, 3.63) is 42.7 Å². The third-order valence-corrected chi connectivity index (χ3v) is 4.01. The first-order valence-corrected chi connectivity index (χ1v) is 7.21. The summed E-state index contributed by atoms with van der Waals surface area (Å²) >= 11 is 0.